The van der Waals surface area contributed by atoms with Crippen LogP contribution in [0.1, 0.15) is 30.5 Å². The van der Waals surface area contributed by atoms with E-state index in [1.165, 1.54) is 28.6 Å². The summed E-state index contributed by atoms with van der Waals surface area (Å²) < 4.78 is 52.6. The number of sulfonamides is 1. The molecule has 3 heterocycles. The first-order chi connectivity index (χ1) is 17.4. The molecule has 0 N–H and O–H groups in total. The Morgan fingerprint density at radius 3 is 2.83 bits per heavy atom. The second-order valence-corrected chi connectivity index (χ2v) is 10.6. The number of rotatable bonds is 9. The van der Waals surface area contributed by atoms with Crippen LogP contribution < -0.4 is 4.74 Å². The molecule has 0 unspecified atom stereocenters. The number of pyridine rings is 1. The summed E-state index contributed by atoms with van der Waals surface area (Å²) in [6.07, 6.45) is 3.42. The van der Waals surface area contributed by atoms with Crippen molar-refractivity contribution in [1.82, 2.24) is 9.29 Å². The van der Waals surface area contributed by atoms with E-state index < -0.39 is 21.9 Å². The first kappa shape index (κ1) is 24.1. The Morgan fingerprint density at radius 1 is 1.11 bits per heavy atom. The van der Waals surface area contributed by atoms with Crippen molar-refractivity contribution in [3.05, 3.63) is 90.0 Å². The maximum atomic E-state index is 13.5. The van der Waals surface area contributed by atoms with Gasteiger partial charge in [0.05, 0.1) is 11.7 Å². The van der Waals surface area contributed by atoms with Gasteiger partial charge in [0.2, 0.25) is 5.09 Å². The minimum atomic E-state index is -4.03. The lowest BCUT2D eigenvalue weighted by Crippen LogP contribution is -2.40. The summed E-state index contributed by atoms with van der Waals surface area (Å²) in [5.74, 6) is 0.0581. The van der Waals surface area contributed by atoms with Crippen molar-refractivity contribution in [3.63, 3.8) is 0 Å². The topological polar surface area (TPSA) is 89.7 Å². The Labute approximate surface area is 208 Å². The summed E-state index contributed by atoms with van der Waals surface area (Å²) in [5.41, 5.74) is 2.02. The Hall–Kier alpha value is -3.56. The van der Waals surface area contributed by atoms with E-state index in [0.29, 0.717) is 37.0 Å². The maximum absolute atomic E-state index is 13.5. The van der Waals surface area contributed by atoms with Gasteiger partial charge in [-0.25, -0.2) is 12.8 Å². The van der Waals surface area contributed by atoms with Gasteiger partial charge in [0, 0.05) is 30.6 Å². The van der Waals surface area contributed by atoms with Crippen LogP contribution in [0.2, 0.25) is 0 Å². The van der Waals surface area contributed by atoms with Gasteiger partial charge in [-0.15, -0.1) is 0 Å². The fourth-order valence-corrected chi connectivity index (χ4v) is 6.08. The van der Waals surface area contributed by atoms with Crippen LogP contribution in [0, 0.1) is 5.82 Å². The van der Waals surface area contributed by atoms with Crippen molar-refractivity contribution in [1.29, 1.82) is 0 Å². The number of aryl methyl sites for hydroxylation is 1. The van der Waals surface area contributed by atoms with Crippen LogP contribution in [0.4, 0.5) is 4.39 Å². The summed E-state index contributed by atoms with van der Waals surface area (Å²) in [5, 5.41) is 0.0846. The van der Waals surface area contributed by atoms with Crippen LogP contribution in [0.15, 0.2) is 82.4 Å². The van der Waals surface area contributed by atoms with Crippen molar-refractivity contribution in [3.8, 4) is 5.75 Å². The molecular weight excluding hydrogens is 483 g/mol. The minimum absolute atomic E-state index is 0.141. The molecule has 36 heavy (non-hydrogen) atoms. The summed E-state index contributed by atoms with van der Waals surface area (Å²) in [6, 6.07) is 17.5. The van der Waals surface area contributed by atoms with E-state index in [9.17, 15) is 17.6 Å². The lowest BCUT2D eigenvalue weighted by Gasteiger charge is -2.21. The molecule has 1 atom stereocenters. The van der Waals surface area contributed by atoms with Crippen molar-refractivity contribution in [2.45, 2.75) is 43.4 Å². The average molecular weight is 509 g/mol. The van der Waals surface area contributed by atoms with E-state index in [1.54, 1.807) is 6.20 Å². The highest BCUT2D eigenvalue weighted by Crippen LogP contribution is 2.31. The third kappa shape index (κ3) is 5.17. The number of halogens is 1. The Balaban J connectivity index is 1.24. The van der Waals surface area contributed by atoms with Crippen LogP contribution >= 0.6 is 0 Å². The monoisotopic (exact) mass is 508 g/mol. The fraction of sp³-hybridized carbons (Fsp3) is 0.259. The Bertz CT molecular complexity index is 1490. The predicted molar refractivity (Wildman–Crippen MR) is 131 cm³/mol. The molecule has 0 saturated carbocycles. The van der Waals surface area contributed by atoms with E-state index in [4.69, 9.17) is 9.15 Å². The molecule has 4 aromatic rings. The molecule has 5 rings (SSSR count). The molecule has 186 valence electrons. The van der Waals surface area contributed by atoms with E-state index in [2.05, 4.69) is 4.98 Å². The molecule has 1 fully saturated rings. The largest absolute Gasteiger partial charge is 0.487 e. The highest BCUT2D eigenvalue weighted by atomic mass is 32.2. The van der Waals surface area contributed by atoms with E-state index in [1.807, 2.05) is 42.5 Å². The lowest BCUT2D eigenvalue weighted by molar-refractivity contribution is -0.122. The van der Waals surface area contributed by atoms with Gasteiger partial charge in [-0.1, -0.05) is 18.2 Å². The fourth-order valence-electron chi connectivity index (χ4n) is 4.45. The zero-order valence-electron chi connectivity index (χ0n) is 19.5. The molecule has 0 amide bonds. The zero-order chi connectivity index (χ0) is 25.1. The van der Waals surface area contributed by atoms with Crippen LogP contribution in [0.5, 0.6) is 5.75 Å². The summed E-state index contributed by atoms with van der Waals surface area (Å²) >= 11 is 0. The van der Waals surface area contributed by atoms with Crippen LogP contribution in [0.25, 0.3) is 11.0 Å². The van der Waals surface area contributed by atoms with Crippen LogP contribution in [0.3, 0.4) is 0 Å². The Kier molecular flexibility index (Phi) is 6.84. The Morgan fingerprint density at radius 2 is 2.00 bits per heavy atom. The van der Waals surface area contributed by atoms with Gasteiger partial charge in [0.1, 0.15) is 23.8 Å². The predicted octanol–water partition coefficient (Wildman–Crippen LogP) is 4.90. The number of carbonyl (C=O) groups excluding carboxylic acids is 1. The number of nitrogens with zero attached hydrogens (tertiary/aromatic N) is 2. The number of ether oxygens (including phenoxy) is 1. The second kappa shape index (κ2) is 10.2. The highest BCUT2D eigenvalue weighted by Gasteiger charge is 2.40. The number of benzene rings is 2. The SMILES string of the molecule is O=C(CCc1cccc(OCc2ccccn2)c1)[C@@H]1CCCN1S(=O)(=O)c1cc2cc(F)ccc2o1. The highest BCUT2D eigenvalue weighted by molar-refractivity contribution is 7.89. The third-order valence-electron chi connectivity index (χ3n) is 6.27. The van der Waals surface area contributed by atoms with Crippen molar-refractivity contribution >= 4 is 26.8 Å². The number of hydrogen-bond acceptors (Lipinski definition) is 6. The number of ketones is 1. The molecule has 0 bridgehead atoms. The van der Waals surface area contributed by atoms with Crippen molar-refractivity contribution < 1.29 is 26.8 Å². The van der Waals surface area contributed by atoms with E-state index >= 15 is 0 Å². The van der Waals surface area contributed by atoms with Gasteiger partial charge in [-0.2, -0.15) is 4.31 Å². The lowest BCUT2D eigenvalue weighted by atomic mass is 10.0. The van der Waals surface area contributed by atoms with Crippen LogP contribution in [-0.2, 0) is 27.8 Å². The van der Waals surface area contributed by atoms with Gasteiger partial charge in [0.25, 0.3) is 10.0 Å². The molecule has 0 aliphatic carbocycles. The quantitative estimate of drug-likeness (QED) is 0.319. The first-order valence-corrected chi connectivity index (χ1v) is 13.2. The number of furan rings is 1. The smallest absolute Gasteiger partial charge is 0.277 e. The van der Waals surface area contributed by atoms with Gasteiger partial charge in [-0.05, 0) is 67.3 Å². The van der Waals surface area contributed by atoms with Crippen molar-refractivity contribution in [2.24, 2.45) is 0 Å². The summed E-state index contributed by atoms with van der Waals surface area (Å²) in [7, 11) is -4.03. The number of hydrogen-bond donors (Lipinski definition) is 0. The van der Waals surface area contributed by atoms with Gasteiger partial charge < -0.3 is 9.15 Å². The number of Topliss-reactive ketones (excluding diaryl/α,β-unsaturated/α-hetero) is 1. The second-order valence-electron chi connectivity index (χ2n) is 8.74. The maximum Gasteiger partial charge on any atom is 0.277 e. The zero-order valence-corrected chi connectivity index (χ0v) is 20.3. The van der Waals surface area contributed by atoms with Gasteiger partial charge in [0.15, 0.2) is 5.78 Å². The molecule has 2 aromatic carbocycles. The molecule has 0 radical (unpaired) electrons. The molecular formula is C27H25FN2O5S. The first-order valence-electron chi connectivity index (χ1n) is 11.8. The average Bonchev–Trinajstić information content (AvgIpc) is 3.55. The van der Waals surface area contributed by atoms with E-state index in [-0.39, 0.29) is 29.4 Å². The normalized spacial score (nSPS) is 16.4. The van der Waals surface area contributed by atoms with Crippen LogP contribution in [-0.4, -0.2) is 36.1 Å². The molecule has 1 saturated heterocycles. The van der Waals surface area contributed by atoms with Gasteiger partial charge >= 0.3 is 0 Å². The van der Waals surface area contributed by atoms with Crippen molar-refractivity contribution in [2.75, 3.05) is 6.54 Å². The number of fused-ring (bicyclic) bond motifs is 1. The van der Waals surface area contributed by atoms with Gasteiger partial charge in [-0.3, -0.25) is 9.78 Å². The number of aromatic nitrogens is 1. The molecule has 1 aliphatic rings. The molecule has 9 heteroatoms. The summed E-state index contributed by atoms with van der Waals surface area (Å²) in [4.78, 5) is 17.3. The molecule has 1 aliphatic heterocycles. The van der Waals surface area contributed by atoms with E-state index in [0.717, 1.165) is 11.3 Å². The third-order valence-corrected chi connectivity index (χ3v) is 8.03. The summed E-state index contributed by atoms with van der Waals surface area (Å²) in [6.45, 7) is 0.577. The molecule has 7 nitrogen and oxygen atoms in total. The minimum Gasteiger partial charge on any atom is -0.487 e. The molecule has 0 spiro atoms. The standard InChI is InChI=1S/C27H25FN2O5S/c28-21-10-12-26-20(16-21)17-27(35-26)36(32,33)30-14-4-8-24(30)25(31)11-9-19-5-3-7-23(15-19)34-18-22-6-1-2-13-29-22/h1-3,5-7,10,12-13,15-17,24H,4,8-9,11,14,18H2/t24-/m0/s1. The number of carbonyl (C=O) groups is 1. The molecule has 2 aromatic heterocycles.